The van der Waals surface area contributed by atoms with Gasteiger partial charge in [0.05, 0.1) is 36.4 Å². The molecule has 2 aromatic carbocycles. The number of aromatic nitrogens is 4. The maximum Gasteiger partial charge on any atom is 0.262 e. The Bertz CT molecular complexity index is 1320. The third-order valence-corrected chi connectivity index (χ3v) is 6.47. The summed E-state index contributed by atoms with van der Waals surface area (Å²) in [6.45, 7) is 2.81. The van der Waals surface area contributed by atoms with Crippen molar-refractivity contribution in [1.82, 2.24) is 19.7 Å². The van der Waals surface area contributed by atoms with Crippen LogP contribution < -0.4 is 15.0 Å². The van der Waals surface area contributed by atoms with E-state index in [9.17, 15) is 4.79 Å². The molecule has 0 spiro atoms. The Balaban J connectivity index is 1.57. The van der Waals surface area contributed by atoms with Crippen LogP contribution >= 0.6 is 11.8 Å². The zero-order valence-corrected chi connectivity index (χ0v) is 20.4. The lowest BCUT2D eigenvalue weighted by molar-refractivity contribution is 0.388. The topological polar surface area (TPSA) is 92.3 Å². The highest BCUT2D eigenvalue weighted by molar-refractivity contribution is 7.98. The molecule has 0 saturated carbocycles. The third kappa shape index (κ3) is 5.25. The van der Waals surface area contributed by atoms with Crippen molar-refractivity contribution in [3.05, 3.63) is 58.7 Å². The number of hydrogen-bond acceptors (Lipinski definition) is 8. The van der Waals surface area contributed by atoms with Gasteiger partial charge in [-0.15, -0.1) is 0 Å². The number of nitrogens with zero attached hydrogens (tertiary/aromatic N) is 4. The van der Waals surface area contributed by atoms with Crippen LogP contribution in [0.15, 0.2) is 56.9 Å². The molecule has 0 aliphatic rings. The first-order chi connectivity index (χ1) is 16.6. The summed E-state index contributed by atoms with van der Waals surface area (Å²) in [7, 11) is 3.18. The summed E-state index contributed by atoms with van der Waals surface area (Å²) in [6.07, 6.45) is 4.31. The summed E-state index contributed by atoms with van der Waals surface area (Å²) in [4.78, 5) is 22.5. The summed E-state index contributed by atoms with van der Waals surface area (Å²) in [6, 6.07) is 12.9. The van der Waals surface area contributed by atoms with Crippen molar-refractivity contribution in [2.24, 2.45) is 0 Å². The number of hydrogen-bond donors (Lipinski definition) is 0. The minimum atomic E-state index is -0.0150. The molecule has 0 fully saturated rings. The Hall–Kier alpha value is -3.33. The highest BCUT2D eigenvalue weighted by Crippen LogP contribution is 2.32. The van der Waals surface area contributed by atoms with E-state index in [0.717, 1.165) is 25.7 Å². The van der Waals surface area contributed by atoms with Crippen molar-refractivity contribution in [2.75, 3.05) is 14.2 Å². The van der Waals surface area contributed by atoms with Crippen LogP contribution in [0.2, 0.25) is 0 Å². The molecule has 4 rings (SSSR count). The third-order valence-electron chi connectivity index (χ3n) is 5.50. The molecule has 178 valence electrons. The number of thioether (sulfide) groups is 1. The van der Waals surface area contributed by atoms with Crippen LogP contribution in [-0.2, 0) is 12.3 Å². The molecule has 0 aliphatic carbocycles. The van der Waals surface area contributed by atoms with E-state index in [0.29, 0.717) is 57.1 Å². The van der Waals surface area contributed by atoms with Gasteiger partial charge in [0.15, 0.2) is 5.16 Å². The second kappa shape index (κ2) is 11.2. The van der Waals surface area contributed by atoms with E-state index in [4.69, 9.17) is 19.0 Å². The van der Waals surface area contributed by atoms with Gasteiger partial charge in [0, 0.05) is 12.6 Å². The molecule has 4 aromatic rings. The van der Waals surface area contributed by atoms with Crippen LogP contribution in [-0.4, -0.2) is 33.9 Å². The van der Waals surface area contributed by atoms with Crippen LogP contribution in [0.5, 0.6) is 11.5 Å². The first kappa shape index (κ1) is 23.8. The smallest absolute Gasteiger partial charge is 0.262 e. The molecular formula is C25H28N4O4S. The fourth-order valence-corrected chi connectivity index (χ4v) is 4.55. The summed E-state index contributed by atoms with van der Waals surface area (Å²) in [5.74, 6) is 2.54. The molecule has 2 heterocycles. The van der Waals surface area contributed by atoms with E-state index >= 15 is 0 Å². The summed E-state index contributed by atoms with van der Waals surface area (Å²) in [5.41, 5.74) is 1.38. The van der Waals surface area contributed by atoms with E-state index in [2.05, 4.69) is 17.1 Å². The molecule has 0 N–H and O–H groups in total. The van der Waals surface area contributed by atoms with Gasteiger partial charge < -0.3 is 14.0 Å². The summed E-state index contributed by atoms with van der Waals surface area (Å²) in [5, 5.41) is 5.40. The monoisotopic (exact) mass is 480 g/mol. The zero-order chi connectivity index (χ0) is 23.9. The molecule has 0 radical (unpaired) electrons. The van der Waals surface area contributed by atoms with Crippen molar-refractivity contribution in [3.63, 3.8) is 0 Å². The Kier molecular flexibility index (Phi) is 7.84. The first-order valence-corrected chi connectivity index (χ1v) is 12.3. The van der Waals surface area contributed by atoms with Gasteiger partial charge in [-0.25, -0.2) is 4.98 Å². The fourth-order valence-electron chi connectivity index (χ4n) is 3.68. The van der Waals surface area contributed by atoms with Crippen LogP contribution in [0.4, 0.5) is 0 Å². The molecule has 0 bridgehead atoms. The largest absolute Gasteiger partial charge is 0.497 e. The summed E-state index contributed by atoms with van der Waals surface area (Å²) >= 11 is 1.42. The van der Waals surface area contributed by atoms with Crippen molar-refractivity contribution in [2.45, 2.75) is 50.1 Å². The summed E-state index contributed by atoms with van der Waals surface area (Å²) < 4.78 is 18.0. The minimum absolute atomic E-state index is 0.0150. The predicted molar refractivity (Wildman–Crippen MR) is 133 cm³/mol. The fraction of sp³-hybridized carbons (Fsp3) is 0.360. The van der Waals surface area contributed by atoms with Gasteiger partial charge >= 0.3 is 0 Å². The lowest BCUT2D eigenvalue weighted by Gasteiger charge is -2.12. The average Bonchev–Trinajstić information content (AvgIpc) is 3.35. The number of rotatable bonds is 11. The van der Waals surface area contributed by atoms with Crippen LogP contribution in [0.25, 0.3) is 22.3 Å². The quantitative estimate of drug-likeness (QED) is 0.161. The van der Waals surface area contributed by atoms with Gasteiger partial charge in [-0.05, 0) is 30.7 Å². The van der Waals surface area contributed by atoms with Gasteiger partial charge in [0.25, 0.3) is 5.56 Å². The second-order valence-corrected chi connectivity index (χ2v) is 8.74. The standard InChI is InChI=1S/C25H28N4O4S/c1-4-5-6-9-14-29-24(30)18-10-7-8-11-20(18)26-25(29)34-16-22-27-23(28-33-22)19-13-12-17(31-2)15-21(19)32-3/h7-8,10-13,15H,4-6,9,14,16H2,1-3H3. The minimum Gasteiger partial charge on any atom is -0.497 e. The van der Waals surface area contributed by atoms with Gasteiger partial charge in [0.1, 0.15) is 11.5 Å². The van der Waals surface area contributed by atoms with Gasteiger partial charge in [-0.3, -0.25) is 9.36 Å². The molecule has 0 saturated heterocycles. The zero-order valence-electron chi connectivity index (χ0n) is 19.6. The Morgan fingerprint density at radius 3 is 2.68 bits per heavy atom. The number of fused-ring (bicyclic) bond motifs is 1. The predicted octanol–water partition coefficient (Wildman–Crippen LogP) is 5.34. The Labute approximate surface area is 202 Å². The normalized spacial score (nSPS) is 11.1. The number of benzene rings is 2. The van der Waals surface area contributed by atoms with Crippen LogP contribution in [0, 0.1) is 0 Å². The van der Waals surface area contributed by atoms with Gasteiger partial charge in [-0.1, -0.05) is 55.2 Å². The van der Waals surface area contributed by atoms with E-state index < -0.39 is 0 Å². The van der Waals surface area contributed by atoms with E-state index in [1.807, 2.05) is 36.4 Å². The first-order valence-electron chi connectivity index (χ1n) is 11.3. The van der Waals surface area contributed by atoms with Crippen molar-refractivity contribution in [1.29, 1.82) is 0 Å². The number of unbranched alkanes of at least 4 members (excludes halogenated alkanes) is 3. The van der Waals surface area contributed by atoms with Crippen LogP contribution in [0.3, 0.4) is 0 Å². The highest BCUT2D eigenvalue weighted by Gasteiger charge is 2.17. The molecule has 34 heavy (non-hydrogen) atoms. The molecule has 0 unspecified atom stereocenters. The van der Waals surface area contributed by atoms with Crippen molar-refractivity contribution >= 4 is 22.7 Å². The van der Waals surface area contributed by atoms with Crippen LogP contribution in [0.1, 0.15) is 38.5 Å². The molecule has 0 amide bonds. The lowest BCUT2D eigenvalue weighted by atomic mass is 10.2. The van der Waals surface area contributed by atoms with E-state index in [1.165, 1.54) is 11.8 Å². The molecule has 0 aliphatic heterocycles. The van der Waals surface area contributed by atoms with Gasteiger partial charge in [0.2, 0.25) is 11.7 Å². The van der Waals surface area contributed by atoms with E-state index in [-0.39, 0.29) is 5.56 Å². The average molecular weight is 481 g/mol. The number of methoxy groups -OCH3 is 2. The second-order valence-electron chi connectivity index (χ2n) is 7.80. The van der Waals surface area contributed by atoms with E-state index in [1.54, 1.807) is 24.9 Å². The molecule has 8 nitrogen and oxygen atoms in total. The molecule has 2 aromatic heterocycles. The Morgan fingerprint density at radius 1 is 1.03 bits per heavy atom. The SMILES string of the molecule is CCCCCCn1c(SCc2nc(-c3ccc(OC)cc3OC)no2)nc2ccccc2c1=O. The molecule has 9 heteroatoms. The number of para-hydroxylation sites is 1. The molecule has 0 atom stereocenters. The maximum atomic E-state index is 13.2. The van der Waals surface area contributed by atoms with Crippen molar-refractivity contribution in [3.8, 4) is 22.9 Å². The van der Waals surface area contributed by atoms with Crippen molar-refractivity contribution < 1.29 is 14.0 Å². The maximum absolute atomic E-state index is 13.2. The highest BCUT2D eigenvalue weighted by atomic mass is 32.2. The number of ether oxygens (including phenoxy) is 2. The lowest BCUT2D eigenvalue weighted by Crippen LogP contribution is -2.23. The van der Waals surface area contributed by atoms with Gasteiger partial charge in [-0.2, -0.15) is 4.98 Å². The molecular weight excluding hydrogens is 452 g/mol. The Morgan fingerprint density at radius 2 is 1.88 bits per heavy atom.